The zero-order valence-electron chi connectivity index (χ0n) is 7.32. The van der Waals surface area contributed by atoms with Gasteiger partial charge in [-0.2, -0.15) is 0 Å². The van der Waals surface area contributed by atoms with Crippen LogP contribution < -0.4 is 0 Å². The SMILES string of the molecule is C=C(CC)C(=O)OC(=O)C(O)CO. The van der Waals surface area contributed by atoms with E-state index >= 15 is 0 Å². The van der Waals surface area contributed by atoms with Gasteiger partial charge in [0.15, 0.2) is 6.10 Å². The van der Waals surface area contributed by atoms with Gasteiger partial charge in [-0.1, -0.05) is 13.5 Å². The Balaban J connectivity index is 4.07. The highest BCUT2D eigenvalue weighted by atomic mass is 16.6. The molecule has 0 aromatic carbocycles. The molecule has 0 spiro atoms. The maximum atomic E-state index is 10.9. The average molecular weight is 188 g/mol. The van der Waals surface area contributed by atoms with Crippen LogP contribution in [0.3, 0.4) is 0 Å². The van der Waals surface area contributed by atoms with E-state index in [0.717, 1.165) is 0 Å². The fraction of sp³-hybridized carbons (Fsp3) is 0.500. The summed E-state index contributed by atoms with van der Waals surface area (Å²) in [5, 5.41) is 17.1. The van der Waals surface area contributed by atoms with Crippen molar-refractivity contribution >= 4 is 11.9 Å². The highest BCUT2D eigenvalue weighted by Crippen LogP contribution is 2.00. The second kappa shape index (κ2) is 5.45. The Morgan fingerprint density at radius 2 is 2.08 bits per heavy atom. The van der Waals surface area contributed by atoms with Gasteiger partial charge in [0, 0.05) is 5.57 Å². The van der Waals surface area contributed by atoms with Crippen LogP contribution in [-0.4, -0.2) is 34.9 Å². The molecule has 0 heterocycles. The normalized spacial score (nSPS) is 11.9. The Labute approximate surface area is 75.6 Å². The van der Waals surface area contributed by atoms with Gasteiger partial charge in [0.05, 0.1) is 6.61 Å². The smallest absolute Gasteiger partial charge is 0.345 e. The van der Waals surface area contributed by atoms with Crippen molar-refractivity contribution in [3.05, 3.63) is 12.2 Å². The minimum atomic E-state index is -1.67. The molecule has 1 unspecified atom stereocenters. The van der Waals surface area contributed by atoms with Gasteiger partial charge in [-0.15, -0.1) is 0 Å². The van der Waals surface area contributed by atoms with Gasteiger partial charge in [0.2, 0.25) is 0 Å². The molecule has 0 amide bonds. The van der Waals surface area contributed by atoms with E-state index in [2.05, 4.69) is 11.3 Å². The molecule has 0 aromatic heterocycles. The first-order valence-corrected chi connectivity index (χ1v) is 3.75. The zero-order valence-corrected chi connectivity index (χ0v) is 7.32. The first-order chi connectivity index (χ1) is 6.02. The molecule has 0 fully saturated rings. The fourth-order valence-electron chi connectivity index (χ4n) is 0.450. The number of ether oxygens (including phenoxy) is 1. The first-order valence-electron chi connectivity index (χ1n) is 3.75. The molecular weight excluding hydrogens is 176 g/mol. The molecule has 74 valence electrons. The summed E-state index contributed by atoms with van der Waals surface area (Å²) in [5.41, 5.74) is 0.137. The topological polar surface area (TPSA) is 83.8 Å². The number of hydrogen-bond acceptors (Lipinski definition) is 5. The molecule has 0 saturated carbocycles. The molecule has 13 heavy (non-hydrogen) atoms. The predicted octanol–water partition coefficient (Wildman–Crippen LogP) is -0.624. The van der Waals surface area contributed by atoms with Gasteiger partial charge in [0.1, 0.15) is 0 Å². The van der Waals surface area contributed by atoms with E-state index in [1.807, 2.05) is 0 Å². The highest BCUT2D eigenvalue weighted by Gasteiger charge is 2.19. The van der Waals surface area contributed by atoms with Crippen molar-refractivity contribution in [3.63, 3.8) is 0 Å². The highest BCUT2D eigenvalue weighted by molar-refractivity contribution is 5.96. The number of carbonyl (C=O) groups excluding carboxylic acids is 2. The molecular formula is C8H12O5. The lowest BCUT2D eigenvalue weighted by molar-refractivity contribution is -0.164. The van der Waals surface area contributed by atoms with Crippen LogP contribution in [0, 0.1) is 0 Å². The van der Waals surface area contributed by atoms with Gasteiger partial charge in [-0.25, -0.2) is 9.59 Å². The third-order valence-electron chi connectivity index (χ3n) is 1.35. The van der Waals surface area contributed by atoms with Crippen LogP contribution in [0.1, 0.15) is 13.3 Å². The minimum absolute atomic E-state index is 0.137. The van der Waals surface area contributed by atoms with Gasteiger partial charge >= 0.3 is 11.9 Å². The minimum Gasteiger partial charge on any atom is -0.393 e. The second-order valence-electron chi connectivity index (χ2n) is 2.36. The third kappa shape index (κ3) is 3.82. The van der Waals surface area contributed by atoms with E-state index in [-0.39, 0.29) is 5.57 Å². The maximum Gasteiger partial charge on any atom is 0.345 e. The molecule has 5 nitrogen and oxygen atoms in total. The molecule has 0 rings (SSSR count). The van der Waals surface area contributed by atoms with E-state index in [4.69, 9.17) is 10.2 Å². The first kappa shape index (κ1) is 11.8. The predicted molar refractivity (Wildman–Crippen MR) is 43.6 cm³/mol. The fourth-order valence-corrected chi connectivity index (χ4v) is 0.450. The largest absolute Gasteiger partial charge is 0.393 e. The molecule has 2 N–H and O–H groups in total. The summed E-state index contributed by atoms with van der Waals surface area (Å²) in [7, 11) is 0. The monoisotopic (exact) mass is 188 g/mol. The lowest BCUT2D eigenvalue weighted by atomic mass is 10.2. The quantitative estimate of drug-likeness (QED) is 0.349. The van der Waals surface area contributed by atoms with Crippen molar-refractivity contribution in [2.24, 2.45) is 0 Å². The number of esters is 2. The number of aliphatic hydroxyl groups is 2. The van der Waals surface area contributed by atoms with Gasteiger partial charge in [-0.05, 0) is 6.42 Å². The second-order valence-corrected chi connectivity index (χ2v) is 2.36. The summed E-state index contributed by atoms with van der Waals surface area (Å²) < 4.78 is 4.17. The van der Waals surface area contributed by atoms with Crippen molar-refractivity contribution in [3.8, 4) is 0 Å². The van der Waals surface area contributed by atoms with Gasteiger partial charge < -0.3 is 14.9 Å². The summed E-state index contributed by atoms with van der Waals surface area (Å²) >= 11 is 0. The summed E-state index contributed by atoms with van der Waals surface area (Å²) in [6.07, 6.45) is -1.31. The van der Waals surface area contributed by atoms with Gasteiger partial charge in [0.25, 0.3) is 0 Å². The van der Waals surface area contributed by atoms with Crippen molar-refractivity contribution in [2.45, 2.75) is 19.4 Å². The lowest BCUT2D eigenvalue weighted by Crippen LogP contribution is -2.29. The van der Waals surface area contributed by atoms with E-state index < -0.39 is 24.6 Å². The van der Waals surface area contributed by atoms with Crippen molar-refractivity contribution in [1.29, 1.82) is 0 Å². The molecule has 0 aromatic rings. The average Bonchev–Trinajstić information content (AvgIpc) is 2.14. The van der Waals surface area contributed by atoms with Crippen LogP contribution in [0.25, 0.3) is 0 Å². The van der Waals surface area contributed by atoms with E-state index in [1.165, 1.54) is 0 Å². The summed E-state index contributed by atoms with van der Waals surface area (Å²) in [4.78, 5) is 21.6. The summed E-state index contributed by atoms with van der Waals surface area (Å²) in [6.45, 7) is 4.24. The van der Waals surface area contributed by atoms with E-state index in [9.17, 15) is 9.59 Å². The number of hydrogen-bond donors (Lipinski definition) is 2. The zero-order chi connectivity index (χ0) is 10.4. The number of carbonyl (C=O) groups is 2. The Bertz CT molecular complexity index is 221. The Kier molecular flexibility index (Phi) is 4.94. The maximum absolute atomic E-state index is 10.9. The Hall–Kier alpha value is -1.20. The molecule has 5 heteroatoms. The standard InChI is InChI=1S/C8H12O5/c1-3-5(2)7(11)13-8(12)6(10)4-9/h6,9-10H,2-4H2,1H3. The molecule has 0 aliphatic carbocycles. The molecule has 0 aliphatic heterocycles. The molecule has 0 bridgehead atoms. The van der Waals surface area contributed by atoms with Crippen LogP contribution >= 0.6 is 0 Å². The van der Waals surface area contributed by atoms with Crippen LogP contribution in [0.4, 0.5) is 0 Å². The molecule has 0 aliphatic rings. The third-order valence-corrected chi connectivity index (χ3v) is 1.35. The van der Waals surface area contributed by atoms with Crippen molar-refractivity contribution in [1.82, 2.24) is 0 Å². The van der Waals surface area contributed by atoms with Crippen LogP contribution in [-0.2, 0) is 14.3 Å². The Morgan fingerprint density at radius 3 is 2.46 bits per heavy atom. The van der Waals surface area contributed by atoms with Crippen LogP contribution in [0.15, 0.2) is 12.2 Å². The summed E-state index contributed by atoms with van der Waals surface area (Å²) in [5.74, 6) is -2.04. The van der Waals surface area contributed by atoms with E-state index in [1.54, 1.807) is 6.92 Å². The van der Waals surface area contributed by atoms with Gasteiger partial charge in [-0.3, -0.25) is 0 Å². The Morgan fingerprint density at radius 1 is 1.54 bits per heavy atom. The van der Waals surface area contributed by atoms with Crippen molar-refractivity contribution in [2.75, 3.05) is 6.61 Å². The van der Waals surface area contributed by atoms with Crippen LogP contribution in [0.2, 0.25) is 0 Å². The number of rotatable bonds is 4. The van der Waals surface area contributed by atoms with E-state index in [0.29, 0.717) is 6.42 Å². The lowest BCUT2D eigenvalue weighted by Gasteiger charge is -2.06. The van der Waals surface area contributed by atoms with Crippen molar-refractivity contribution < 1.29 is 24.5 Å². The number of aliphatic hydroxyl groups excluding tert-OH is 2. The molecule has 0 saturated heterocycles. The summed E-state index contributed by atoms with van der Waals surface area (Å²) in [6, 6.07) is 0. The molecule has 1 atom stereocenters. The molecule has 0 radical (unpaired) electrons. The van der Waals surface area contributed by atoms with Crippen LogP contribution in [0.5, 0.6) is 0 Å².